The van der Waals surface area contributed by atoms with Crippen molar-refractivity contribution in [3.05, 3.63) is 23.8 Å². The molecule has 20 heavy (non-hydrogen) atoms. The monoisotopic (exact) mass is 275 g/mol. The fraction of sp³-hybridized carbons (Fsp3) is 0.647. The van der Waals surface area contributed by atoms with Gasteiger partial charge in [0.1, 0.15) is 0 Å². The highest BCUT2D eigenvalue weighted by atomic mass is 16.5. The number of aromatic hydroxyl groups is 1. The van der Waals surface area contributed by atoms with Gasteiger partial charge in [0.05, 0.1) is 6.61 Å². The molecule has 2 fully saturated rings. The number of fused-ring (bicyclic) bond motifs is 1. The van der Waals surface area contributed by atoms with E-state index in [1.54, 1.807) is 0 Å². The second kappa shape index (κ2) is 6.04. The van der Waals surface area contributed by atoms with Crippen molar-refractivity contribution < 1.29 is 9.84 Å². The van der Waals surface area contributed by atoms with Crippen LogP contribution in [0.4, 0.5) is 0 Å². The van der Waals surface area contributed by atoms with Crippen LogP contribution in [0.3, 0.4) is 0 Å². The van der Waals surface area contributed by atoms with Crippen LogP contribution in [0.25, 0.3) is 0 Å². The Morgan fingerprint density at radius 3 is 2.95 bits per heavy atom. The van der Waals surface area contributed by atoms with E-state index in [1.165, 1.54) is 38.6 Å². The van der Waals surface area contributed by atoms with Gasteiger partial charge in [-0.15, -0.1) is 0 Å². The van der Waals surface area contributed by atoms with E-state index < -0.39 is 0 Å². The number of phenolic OH excluding ortho intramolecular Hbond substituents is 1. The molecule has 3 nitrogen and oxygen atoms in total. The van der Waals surface area contributed by atoms with Crippen LogP contribution >= 0.6 is 0 Å². The Bertz CT molecular complexity index is 460. The molecule has 0 amide bonds. The molecule has 1 saturated heterocycles. The van der Waals surface area contributed by atoms with Crippen molar-refractivity contribution in [3.63, 3.8) is 0 Å². The summed E-state index contributed by atoms with van der Waals surface area (Å²) < 4.78 is 5.48. The van der Waals surface area contributed by atoms with Crippen molar-refractivity contribution in [2.45, 2.75) is 51.6 Å². The standard InChI is InChI=1S/C17H25NO2/c1-2-20-16-10-4-7-14(17(16)19)12-18-11-5-8-13-6-3-9-15(13)18/h4,7,10,13,15,19H,2-3,5-6,8-9,11-12H2,1H3. The molecule has 2 atom stereocenters. The lowest BCUT2D eigenvalue weighted by atomic mass is 9.91. The highest BCUT2D eigenvalue weighted by Crippen LogP contribution is 2.39. The van der Waals surface area contributed by atoms with E-state index in [4.69, 9.17) is 4.74 Å². The van der Waals surface area contributed by atoms with E-state index in [1.807, 2.05) is 25.1 Å². The molecule has 1 aliphatic carbocycles. The van der Waals surface area contributed by atoms with Gasteiger partial charge in [0.25, 0.3) is 0 Å². The number of para-hydroxylation sites is 1. The first-order valence-corrected chi connectivity index (χ1v) is 7.97. The van der Waals surface area contributed by atoms with Crippen LogP contribution in [-0.4, -0.2) is 29.2 Å². The molecule has 0 spiro atoms. The number of phenols is 1. The number of hydrogen-bond donors (Lipinski definition) is 1. The molecule has 2 aliphatic rings. The topological polar surface area (TPSA) is 32.7 Å². The molecular formula is C17H25NO2. The van der Waals surface area contributed by atoms with Gasteiger partial charge in [-0.3, -0.25) is 4.90 Å². The Morgan fingerprint density at radius 1 is 1.25 bits per heavy atom. The minimum absolute atomic E-state index is 0.328. The maximum atomic E-state index is 10.3. The zero-order valence-corrected chi connectivity index (χ0v) is 12.3. The van der Waals surface area contributed by atoms with Gasteiger partial charge < -0.3 is 9.84 Å². The summed E-state index contributed by atoms with van der Waals surface area (Å²) in [4.78, 5) is 2.58. The average Bonchev–Trinajstić information content (AvgIpc) is 2.93. The molecule has 1 aromatic rings. The molecule has 2 unspecified atom stereocenters. The minimum atomic E-state index is 0.328. The SMILES string of the molecule is CCOc1cccc(CN2CCCC3CCCC32)c1O. The Labute approximate surface area is 121 Å². The lowest BCUT2D eigenvalue weighted by Crippen LogP contribution is -2.41. The predicted molar refractivity (Wildman–Crippen MR) is 80.0 cm³/mol. The second-order valence-corrected chi connectivity index (χ2v) is 6.07. The minimum Gasteiger partial charge on any atom is -0.504 e. The molecule has 0 aromatic heterocycles. The first-order valence-electron chi connectivity index (χ1n) is 7.97. The van der Waals surface area contributed by atoms with E-state index in [9.17, 15) is 5.11 Å². The molecular weight excluding hydrogens is 250 g/mol. The lowest BCUT2D eigenvalue weighted by molar-refractivity contribution is 0.105. The van der Waals surface area contributed by atoms with Gasteiger partial charge >= 0.3 is 0 Å². The Balaban J connectivity index is 1.75. The van der Waals surface area contributed by atoms with Crippen molar-refractivity contribution >= 4 is 0 Å². The number of benzene rings is 1. The Morgan fingerprint density at radius 2 is 2.10 bits per heavy atom. The summed E-state index contributed by atoms with van der Waals surface area (Å²) in [5.74, 6) is 1.83. The first kappa shape index (κ1) is 13.7. The van der Waals surface area contributed by atoms with Crippen LogP contribution in [0.5, 0.6) is 11.5 Å². The average molecular weight is 275 g/mol. The van der Waals surface area contributed by atoms with Gasteiger partial charge in [-0.2, -0.15) is 0 Å². The second-order valence-electron chi connectivity index (χ2n) is 6.07. The zero-order chi connectivity index (χ0) is 13.9. The Kier molecular flexibility index (Phi) is 4.16. The number of rotatable bonds is 4. The lowest BCUT2D eigenvalue weighted by Gasteiger charge is -2.38. The van der Waals surface area contributed by atoms with Gasteiger partial charge in [0.2, 0.25) is 0 Å². The van der Waals surface area contributed by atoms with Crippen LogP contribution in [0, 0.1) is 5.92 Å². The summed E-state index contributed by atoms with van der Waals surface area (Å²) in [6.07, 6.45) is 6.79. The maximum absolute atomic E-state index is 10.3. The van der Waals surface area contributed by atoms with Gasteiger partial charge in [0, 0.05) is 18.2 Å². The van der Waals surface area contributed by atoms with Crippen molar-refractivity contribution in [2.75, 3.05) is 13.2 Å². The van der Waals surface area contributed by atoms with Crippen LogP contribution in [0.15, 0.2) is 18.2 Å². The van der Waals surface area contributed by atoms with Crippen LogP contribution in [-0.2, 0) is 6.54 Å². The van der Waals surface area contributed by atoms with Gasteiger partial charge in [-0.05, 0) is 51.1 Å². The smallest absolute Gasteiger partial charge is 0.162 e. The quantitative estimate of drug-likeness (QED) is 0.912. The molecule has 1 N–H and O–H groups in total. The van der Waals surface area contributed by atoms with E-state index in [2.05, 4.69) is 4.90 Å². The summed E-state index contributed by atoms with van der Waals surface area (Å²) in [6.45, 7) is 4.55. The fourth-order valence-electron chi connectivity index (χ4n) is 3.94. The predicted octanol–water partition coefficient (Wildman–Crippen LogP) is 3.56. The zero-order valence-electron chi connectivity index (χ0n) is 12.3. The maximum Gasteiger partial charge on any atom is 0.162 e. The van der Waals surface area contributed by atoms with E-state index >= 15 is 0 Å². The molecule has 0 radical (unpaired) electrons. The number of ether oxygens (including phenoxy) is 1. The van der Waals surface area contributed by atoms with Crippen molar-refractivity contribution in [1.82, 2.24) is 4.90 Å². The van der Waals surface area contributed by atoms with Crippen molar-refractivity contribution in [3.8, 4) is 11.5 Å². The normalized spacial score (nSPS) is 26.4. The number of nitrogens with zero attached hydrogens (tertiary/aromatic N) is 1. The van der Waals surface area contributed by atoms with Crippen molar-refractivity contribution in [2.24, 2.45) is 5.92 Å². The molecule has 1 heterocycles. The summed E-state index contributed by atoms with van der Waals surface area (Å²) in [5.41, 5.74) is 1.00. The third-order valence-corrected chi connectivity index (χ3v) is 4.86. The summed E-state index contributed by atoms with van der Waals surface area (Å²) >= 11 is 0. The summed E-state index contributed by atoms with van der Waals surface area (Å²) in [5, 5.41) is 10.3. The van der Waals surface area contributed by atoms with Gasteiger partial charge in [-0.1, -0.05) is 18.6 Å². The van der Waals surface area contributed by atoms with Crippen LogP contribution in [0.2, 0.25) is 0 Å². The van der Waals surface area contributed by atoms with Crippen LogP contribution < -0.4 is 4.74 Å². The fourth-order valence-corrected chi connectivity index (χ4v) is 3.94. The summed E-state index contributed by atoms with van der Waals surface area (Å²) in [7, 11) is 0. The molecule has 0 bridgehead atoms. The number of likely N-dealkylation sites (tertiary alicyclic amines) is 1. The summed E-state index contributed by atoms with van der Waals surface area (Å²) in [6, 6.07) is 6.59. The number of hydrogen-bond acceptors (Lipinski definition) is 3. The largest absolute Gasteiger partial charge is 0.504 e. The molecule has 110 valence electrons. The molecule has 1 saturated carbocycles. The first-order chi connectivity index (χ1) is 9.79. The highest BCUT2D eigenvalue weighted by Gasteiger charge is 2.35. The van der Waals surface area contributed by atoms with Crippen molar-refractivity contribution in [1.29, 1.82) is 0 Å². The van der Waals surface area contributed by atoms with E-state index in [0.717, 1.165) is 24.1 Å². The van der Waals surface area contributed by atoms with Gasteiger partial charge in [-0.25, -0.2) is 0 Å². The van der Waals surface area contributed by atoms with Gasteiger partial charge in [0.15, 0.2) is 11.5 Å². The van der Waals surface area contributed by atoms with E-state index in [0.29, 0.717) is 18.1 Å². The molecule has 3 rings (SSSR count). The number of piperidine rings is 1. The van der Waals surface area contributed by atoms with E-state index in [-0.39, 0.29) is 0 Å². The van der Waals surface area contributed by atoms with Crippen LogP contribution in [0.1, 0.15) is 44.6 Å². The third kappa shape index (κ3) is 2.64. The third-order valence-electron chi connectivity index (χ3n) is 4.86. The Hall–Kier alpha value is -1.22. The molecule has 1 aromatic carbocycles. The molecule has 1 aliphatic heterocycles. The highest BCUT2D eigenvalue weighted by molar-refractivity contribution is 5.45. The molecule has 3 heteroatoms.